The van der Waals surface area contributed by atoms with Crippen LogP contribution in [0, 0.1) is 0 Å². The molecule has 0 saturated carbocycles. The average molecular weight is 371 g/mol. The Bertz CT molecular complexity index is 837. The van der Waals surface area contributed by atoms with Crippen LogP contribution < -0.4 is 10.1 Å². The summed E-state index contributed by atoms with van der Waals surface area (Å²) < 4.78 is 6.34. The maximum absolute atomic E-state index is 12.1. The number of hydrogen-bond donors (Lipinski definition) is 1. The summed E-state index contributed by atoms with van der Waals surface area (Å²) in [7, 11) is 0. The van der Waals surface area contributed by atoms with Gasteiger partial charge in [-0.25, -0.2) is 0 Å². The number of anilines is 2. The number of nitrogens with zero attached hydrogens (tertiary/aromatic N) is 2. The second-order valence-electron chi connectivity index (χ2n) is 5.01. The molecule has 0 unspecified atom stereocenters. The number of ketones is 1. The van der Waals surface area contributed by atoms with E-state index in [2.05, 4.69) is 15.5 Å². The van der Waals surface area contributed by atoms with E-state index < -0.39 is 0 Å². The third kappa shape index (κ3) is 4.80. The molecule has 5 nitrogen and oxygen atoms in total. The molecule has 0 bridgehead atoms. The van der Waals surface area contributed by atoms with Crippen LogP contribution >= 0.6 is 23.1 Å². The predicted molar refractivity (Wildman–Crippen MR) is 102 cm³/mol. The van der Waals surface area contributed by atoms with Gasteiger partial charge in [-0.2, -0.15) is 0 Å². The van der Waals surface area contributed by atoms with Crippen LogP contribution in [0.4, 0.5) is 10.8 Å². The zero-order valence-corrected chi connectivity index (χ0v) is 15.3. The predicted octanol–water partition coefficient (Wildman–Crippen LogP) is 4.66. The summed E-state index contributed by atoms with van der Waals surface area (Å²) in [6.45, 7) is 2.54. The van der Waals surface area contributed by atoms with Crippen molar-refractivity contribution in [2.45, 2.75) is 11.3 Å². The van der Waals surface area contributed by atoms with Gasteiger partial charge >= 0.3 is 0 Å². The molecule has 0 atom stereocenters. The summed E-state index contributed by atoms with van der Waals surface area (Å²) >= 11 is 2.81. The number of ether oxygens (including phenoxy) is 1. The number of hydrogen-bond acceptors (Lipinski definition) is 7. The Balaban J connectivity index is 1.60. The number of thioether (sulfide) groups is 1. The molecule has 3 rings (SSSR count). The summed E-state index contributed by atoms with van der Waals surface area (Å²) in [6, 6.07) is 16.9. The summed E-state index contributed by atoms with van der Waals surface area (Å²) in [5, 5.41) is 12.1. The van der Waals surface area contributed by atoms with E-state index in [0.717, 1.165) is 15.8 Å². The Morgan fingerprint density at radius 1 is 1.12 bits per heavy atom. The molecule has 0 spiro atoms. The second kappa shape index (κ2) is 8.64. The number of Topliss-reactive ketones (excluding diaryl/α,β-unsaturated/α-hetero) is 1. The maximum atomic E-state index is 12.1. The minimum atomic E-state index is 0.0806. The molecule has 1 aromatic heterocycles. The molecule has 1 heterocycles. The Morgan fingerprint density at radius 2 is 1.88 bits per heavy atom. The molecule has 0 radical (unpaired) electrons. The number of rotatable bonds is 8. The van der Waals surface area contributed by atoms with Crippen LogP contribution in [0.3, 0.4) is 0 Å². The first kappa shape index (κ1) is 17.4. The van der Waals surface area contributed by atoms with Crippen LogP contribution in [-0.2, 0) is 0 Å². The van der Waals surface area contributed by atoms with Crippen molar-refractivity contribution in [2.75, 3.05) is 17.7 Å². The van der Waals surface area contributed by atoms with Crippen molar-refractivity contribution in [3.8, 4) is 5.75 Å². The zero-order chi connectivity index (χ0) is 17.5. The van der Waals surface area contributed by atoms with Gasteiger partial charge in [0.25, 0.3) is 0 Å². The van der Waals surface area contributed by atoms with Crippen LogP contribution in [0.2, 0.25) is 0 Å². The molecule has 128 valence electrons. The van der Waals surface area contributed by atoms with Crippen molar-refractivity contribution in [2.24, 2.45) is 0 Å². The van der Waals surface area contributed by atoms with E-state index in [1.807, 2.05) is 61.5 Å². The number of carbonyl (C=O) groups excluding carboxylic acids is 1. The van der Waals surface area contributed by atoms with Crippen LogP contribution in [0.1, 0.15) is 17.3 Å². The smallest absolute Gasteiger partial charge is 0.210 e. The van der Waals surface area contributed by atoms with E-state index in [-0.39, 0.29) is 5.78 Å². The quantitative estimate of drug-likeness (QED) is 0.459. The first-order chi connectivity index (χ1) is 12.3. The SMILES string of the molecule is CCOc1ccccc1Nc1nnc(SCC(=O)c2ccccc2)s1. The van der Waals surface area contributed by atoms with Gasteiger partial charge < -0.3 is 10.1 Å². The number of benzene rings is 2. The van der Waals surface area contributed by atoms with Gasteiger partial charge in [-0.15, -0.1) is 10.2 Å². The molecule has 0 fully saturated rings. The highest BCUT2D eigenvalue weighted by Crippen LogP contribution is 2.31. The third-order valence-electron chi connectivity index (χ3n) is 3.26. The molecule has 2 aromatic carbocycles. The molecule has 1 N–H and O–H groups in total. The minimum absolute atomic E-state index is 0.0806. The van der Waals surface area contributed by atoms with E-state index in [4.69, 9.17) is 4.74 Å². The third-order valence-corrected chi connectivity index (χ3v) is 5.23. The molecule has 3 aromatic rings. The average Bonchev–Trinajstić information content (AvgIpc) is 3.10. The highest BCUT2D eigenvalue weighted by Gasteiger charge is 2.11. The van der Waals surface area contributed by atoms with E-state index in [1.54, 1.807) is 0 Å². The van der Waals surface area contributed by atoms with Crippen molar-refractivity contribution >= 4 is 39.7 Å². The fourth-order valence-corrected chi connectivity index (χ4v) is 3.78. The molecular weight excluding hydrogens is 354 g/mol. The molecule has 0 amide bonds. The Hall–Kier alpha value is -2.38. The molecule has 0 aliphatic carbocycles. The summed E-state index contributed by atoms with van der Waals surface area (Å²) in [4.78, 5) is 12.1. The Morgan fingerprint density at radius 3 is 2.68 bits per heavy atom. The van der Waals surface area contributed by atoms with Crippen LogP contribution in [-0.4, -0.2) is 28.3 Å². The first-order valence-electron chi connectivity index (χ1n) is 7.79. The van der Waals surface area contributed by atoms with Crippen LogP contribution in [0.25, 0.3) is 0 Å². The standard InChI is InChI=1S/C18H17N3O2S2/c1-2-23-16-11-7-6-10-14(16)19-17-20-21-18(25-17)24-12-15(22)13-8-4-3-5-9-13/h3-11H,2,12H2,1H3,(H,19,20). The zero-order valence-electron chi connectivity index (χ0n) is 13.6. The number of nitrogens with one attached hydrogen (secondary N) is 1. The fourth-order valence-electron chi connectivity index (χ4n) is 2.12. The summed E-state index contributed by atoms with van der Waals surface area (Å²) in [5.41, 5.74) is 1.56. The van der Waals surface area contributed by atoms with Gasteiger partial charge in [0, 0.05) is 5.56 Å². The molecule has 0 aliphatic rings. The lowest BCUT2D eigenvalue weighted by atomic mass is 10.2. The summed E-state index contributed by atoms with van der Waals surface area (Å²) in [6.07, 6.45) is 0. The lowest BCUT2D eigenvalue weighted by Gasteiger charge is -2.09. The molecule has 25 heavy (non-hydrogen) atoms. The van der Waals surface area contributed by atoms with Crippen molar-refractivity contribution in [1.82, 2.24) is 10.2 Å². The molecular formula is C18H17N3O2S2. The highest BCUT2D eigenvalue weighted by atomic mass is 32.2. The highest BCUT2D eigenvalue weighted by molar-refractivity contribution is 8.01. The van der Waals surface area contributed by atoms with Gasteiger partial charge in [0.2, 0.25) is 5.13 Å². The topological polar surface area (TPSA) is 64.1 Å². The molecule has 7 heteroatoms. The van der Waals surface area contributed by atoms with Gasteiger partial charge in [-0.3, -0.25) is 4.79 Å². The lowest BCUT2D eigenvalue weighted by Crippen LogP contribution is -2.01. The van der Waals surface area contributed by atoms with Gasteiger partial charge in [-0.1, -0.05) is 65.6 Å². The van der Waals surface area contributed by atoms with E-state index >= 15 is 0 Å². The van der Waals surface area contributed by atoms with Crippen molar-refractivity contribution in [3.05, 3.63) is 60.2 Å². The van der Waals surface area contributed by atoms with E-state index in [1.165, 1.54) is 23.1 Å². The van der Waals surface area contributed by atoms with Crippen LogP contribution in [0.5, 0.6) is 5.75 Å². The largest absolute Gasteiger partial charge is 0.492 e. The first-order valence-corrected chi connectivity index (χ1v) is 9.60. The maximum Gasteiger partial charge on any atom is 0.210 e. The van der Waals surface area contributed by atoms with Crippen LogP contribution in [0.15, 0.2) is 58.9 Å². The Labute approximate surface area is 154 Å². The second-order valence-corrected chi connectivity index (χ2v) is 7.21. The Kier molecular flexibility index (Phi) is 6.03. The van der Waals surface area contributed by atoms with E-state index in [9.17, 15) is 4.79 Å². The molecule has 0 aliphatic heterocycles. The van der Waals surface area contributed by atoms with E-state index in [0.29, 0.717) is 23.1 Å². The van der Waals surface area contributed by atoms with Gasteiger partial charge in [0.05, 0.1) is 18.0 Å². The van der Waals surface area contributed by atoms with Crippen molar-refractivity contribution in [3.63, 3.8) is 0 Å². The number of aromatic nitrogens is 2. The number of para-hydroxylation sites is 2. The lowest BCUT2D eigenvalue weighted by molar-refractivity contribution is 0.102. The molecule has 0 saturated heterocycles. The van der Waals surface area contributed by atoms with Gasteiger partial charge in [0.1, 0.15) is 5.75 Å². The van der Waals surface area contributed by atoms with Gasteiger partial charge in [0.15, 0.2) is 10.1 Å². The summed E-state index contributed by atoms with van der Waals surface area (Å²) in [5.74, 6) is 1.19. The van der Waals surface area contributed by atoms with Crippen molar-refractivity contribution < 1.29 is 9.53 Å². The van der Waals surface area contributed by atoms with Crippen molar-refractivity contribution in [1.29, 1.82) is 0 Å². The number of carbonyl (C=O) groups is 1. The van der Waals surface area contributed by atoms with Gasteiger partial charge in [-0.05, 0) is 19.1 Å². The minimum Gasteiger partial charge on any atom is -0.492 e. The monoisotopic (exact) mass is 371 g/mol. The fraction of sp³-hybridized carbons (Fsp3) is 0.167. The normalized spacial score (nSPS) is 10.4.